The quantitative estimate of drug-likeness (QED) is 0.591. The van der Waals surface area contributed by atoms with Crippen LogP contribution in [-0.4, -0.2) is 4.98 Å². The van der Waals surface area contributed by atoms with Crippen molar-refractivity contribution in [3.8, 4) is 11.3 Å². The van der Waals surface area contributed by atoms with Crippen LogP contribution in [0, 0.1) is 27.7 Å². The van der Waals surface area contributed by atoms with Crippen molar-refractivity contribution < 1.29 is 0 Å². The van der Waals surface area contributed by atoms with Gasteiger partial charge in [0.1, 0.15) is 0 Å². The highest BCUT2D eigenvalue weighted by Gasteiger charge is 2.11. The first-order valence-corrected chi connectivity index (χ1v) is 7.00. The molecule has 1 nitrogen and oxygen atoms in total. The lowest BCUT2D eigenvalue weighted by molar-refractivity contribution is 1.26. The van der Waals surface area contributed by atoms with E-state index in [1.165, 1.54) is 38.6 Å². The molecule has 3 aromatic rings. The van der Waals surface area contributed by atoms with Gasteiger partial charge in [-0.2, -0.15) is 0 Å². The number of aromatic nitrogens is 1. The molecule has 0 saturated heterocycles. The molecule has 20 heavy (non-hydrogen) atoms. The lowest BCUT2D eigenvalue weighted by Gasteiger charge is -2.13. The minimum atomic E-state index is 1.09. The second-order valence-corrected chi connectivity index (χ2v) is 5.59. The molecule has 0 saturated carbocycles. The molecule has 100 valence electrons. The first-order valence-electron chi connectivity index (χ1n) is 7.00. The van der Waals surface area contributed by atoms with E-state index in [2.05, 4.69) is 64.1 Å². The number of hydrogen-bond donors (Lipinski definition) is 0. The van der Waals surface area contributed by atoms with Crippen molar-refractivity contribution in [1.82, 2.24) is 4.98 Å². The van der Waals surface area contributed by atoms with E-state index >= 15 is 0 Å². The summed E-state index contributed by atoms with van der Waals surface area (Å²) < 4.78 is 0. The zero-order valence-corrected chi connectivity index (χ0v) is 12.5. The Kier molecular flexibility index (Phi) is 3.06. The van der Waals surface area contributed by atoms with Crippen molar-refractivity contribution in [3.05, 3.63) is 64.8 Å². The number of rotatable bonds is 1. The molecular formula is C19H19N. The Morgan fingerprint density at radius 3 is 2.25 bits per heavy atom. The van der Waals surface area contributed by atoms with E-state index in [1.54, 1.807) is 0 Å². The van der Waals surface area contributed by atoms with Gasteiger partial charge in [0, 0.05) is 17.1 Å². The van der Waals surface area contributed by atoms with Crippen molar-refractivity contribution in [2.24, 2.45) is 0 Å². The van der Waals surface area contributed by atoms with Crippen LogP contribution in [0.1, 0.15) is 22.3 Å². The second kappa shape index (κ2) is 4.75. The van der Waals surface area contributed by atoms with Gasteiger partial charge in [0.05, 0.1) is 5.69 Å². The number of nitrogens with zero attached hydrogens (tertiary/aromatic N) is 1. The highest BCUT2D eigenvalue weighted by Crippen LogP contribution is 2.32. The smallest absolute Gasteiger partial charge is 0.0783 e. The zero-order valence-electron chi connectivity index (χ0n) is 12.5. The molecule has 2 aromatic carbocycles. The fourth-order valence-corrected chi connectivity index (χ4v) is 2.83. The maximum Gasteiger partial charge on any atom is 0.0783 e. The first-order chi connectivity index (χ1) is 9.58. The maximum atomic E-state index is 4.72. The Morgan fingerprint density at radius 2 is 1.50 bits per heavy atom. The fraction of sp³-hybridized carbons (Fsp3) is 0.211. The maximum absolute atomic E-state index is 4.72. The monoisotopic (exact) mass is 261 g/mol. The molecule has 0 fully saturated rings. The second-order valence-electron chi connectivity index (χ2n) is 5.59. The molecule has 0 spiro atoms. The van der Waals surface area contributed by atoms with E-state index in [0.29, 0.717) is 0 Å². The van der Waals surface area contributed by atoms with E-state index < -0.39 is 0 Å². The summed E-state index contributed by atoms with van der Waals surface area (Å²) in [6.45, 7) is 8.61. The summed E-state index contributed by atoms with van der Waals surface area (Å²) in [6, 6.07) is 13.0. The molecule has 1 heteroatoms. The molecule has 0 atom stereocenters. The van der Waals surface area contributed by atoms with Crippen LogP contribution in [0.3, 0.4) is 0 Å². The molecule has 0 unspecified atom stereocenters. The van der Waals surface area contributed by atoms with Crippen LogP contribution in [0.15, 0.2) is 42.6 Å². The molecule has 0 amide bonds. The number of pyridine rings is 1. The molecular weight excluding hydrogens is 242 g/mol. The van der Waals surface area contributed by atoms with Crippen LogP contribution in [0.2, 0.25) is 0 Å². The van der Waals surface area contributed by atoms with Gasteiger partial charge in [-0.3, -0.25) is 4.98 Å². The number of fused-ring (bicyclic) bond motifs is 1. The van der Waals surface area contributed by atoms with Crippen LogP contribution in [0.25, 0.3) is 22.0 Å². The Labute approximate surface area is 120 Å². The summed E-state index contributed by atoms with van der Waals surface area (Å²) in [7, 11) is 0. The lowest BCUT2D eigenvalue weighted by atomic mass is 9.94. The number of aryl methyl sites for hydroxylation is 3. The van der Waals surface area contributed by atoms with Crippen LogP contribution < -0.4 is 0 Å². The molecule has 0 bridgehead atoms. The molecule has 0 aliphatic rings. The molecule has 3 rings (SSSR count). The topological polar surface area (TPSA) is 12.9 Å². The van der Waals surface area contributed by atoms with Gasteiger partial charge in [-0.15, -0.1) is 0 Å². The fourth-order valence-electron chi connectivity index (χ4n) is 2.83. The third-order valence-electron chi connectivity index (χ3n) is 4.06. The molecule has 1 heterocycles. The van der Waals surface area contributed by atoms with Crippen molar-refractivity contribution in [1.29, 1.82) is 0 Å². The lowest BCUT2D eigenvalue weighted by Crippen LogP contribution is -1.94. The van der Waals surface area contributed by atoms with Crippen molar-refractivity contribution in [3.63, 3.8) is 0 Å². The number of benzene rings is 2. The summed E-state index contributed by atoms with van der Waals surface area (Å²) >= 11 is 0. The van der Waals surface area contributed by atoms with Gasteiger partial charge < -0.3 is 0 Å². The van der Waals surface area contributed by atoms with Gasteiger partial charge in [0.25, 0.3) is 0 Å². The van der Waals surface area contributed by atoms with Gasteiger partial charge in [0.15, 0.2) is 0 Å². The zero-order chi connectivity index (χ0) is 14.3. The van der Waals surface area contributed by atoms with Crippen LogP contribution >= 0.6 is 0 Å². The van der Waals surface area contributed by atoms with Crippen LogP contribution in [-0.2, 0) is 0 Å². The Balaban J connectivity index is 2.39. The summed E-state index contributed by atoms with van der Waals surface area (Å²) in [5, 5.41) is 2.52. The van der Waals surface area contributed by atoms with Gasteiger partial charge in [-0.1, -0.05) is 35.9 Å². The summed E-state index contributed by atoms with van der Waals surface area (Å²) in [5.41, 5.74) is 7.50. The minimum absolute atomic E-state index is 1.09. The molecule has 0 N–H and O–H groups in total. The molecule has 0 aliphatic heterocycles. The summed E-state index contributed by atoms with van der Waals surface area (Å²) in [4.78, 5) is 4.72. The van der Waals surface area contributed by atoms with E-state index in [0.717, 1.165) is 5.69 Å². The minimum Gasteiger partial charge on any atom is -0.255 e. The molecule has 0 aliphatic carbocycles. The molecule has 0 radical (unpaired) electrons. The highest BCUT2D eigenvalue weighted by molar-refractivity contribution is 5.97. The average Bonchev–Trinajstić information content (AvgIpc) is 2.44. The Bertz CT molecular complexity index is 800. The van der Waals surface area contributed by atoms with Crippen LogP contribution in [0.4, 0.5) is 0 Å². The predicted molar refractivity (Wildman–Crippen MR) is 86.1 cm³/mol. The Hall–Kier alpha value is -2.15. The normalized spacial score (nSPS) is 11.0. The Morgan fingerprint density at radius 1 is 0.800 bits per heavy atom. The molecule has 1 aromatic heterocycles. The summed E-state index contributed by atoms with van der Waals surface area (Å²) in [6.07, 6.45) is 1.98. The van der Waals surface area contributed by atoms with Crippen molar-refractivity contribution in [2.45, 2.75) is 27.7 Å². The average molecular weight is 261 g/mol. The standard InChI is InChI=1S/C19H19N/c1-12-9-13(2)15(4)18(10-12)19-17-8-6-5-7-16(17)14(3)11-20-19/h5-11H,1-4H3. The highest BCUT2D eigenvalue weighted by atomic mass is 14.7. The third-order valence-corrected chi connectivity index (χ3v) is 4.06. The van der Waals surface area contributed by atoms with Crippen molar-refractivity contribution >= 4 is 10.8 Å². The summed E-state index contributed by atoms with van der Waals surface area (Å²) in [5.74, 6) is 0. The van der Waals surface area contributed by atoms with Gasteiger partial charge >= 0.3 is 0 Å². The predicted octanol–water partition coefficient (Wildman–Crippen LogP) is 5.14. The SMILES string of the molecule is Cc1cc(C)c(C)c(-c2ncc(C)c3ccccc23)c1. The van der Waals surface area contributed by atoms with E-state index in [1.807, 2.05) is 6.20 Å². The number of hydrogen-bond acceptors (Lipinski definition) is 1. The van der Waals surface area contributed by atoms with E-state index in [9.17, 15) is 0 Å². The third kappa shape index (κ3) is 2.00. The van der Waals surface area contributed by atoms with E-state index in [4.69, 9.17) is 4.98 Å². The first kappa shape index (κ1) is 12.9. The van der Waals surface area contributed by atoms with E-state index in [-0.39, 0.29) is 0 Å². The van der Waals surface area contributed by atoms with Crippen molar-refractivity contribution in [2.75, 3.05) is 0 Å². The largest absolute Gasteiger partial charge is 0.255 e. The van der Waals surface area contributed by atoms with Gasteiger partial charge in [0.2, 0.25) is 0 Å². The van der Waals surface area contributed by atoms with Gasteiger partial charge in [-0.05, 0) is 55.8 Å². The van der Waals surface area contributed by atoms with Gasteiger partial charge in [-0.25, -0.2) is 0 Å². The van der Waals surface area contributed by atoms with Crippen LogP contribution in [0.5, 0.6) is 0 Å².